The number of carbonyl (C=O) groups excluding carboxylic acids is 7. The standard InChI is InChI=1S/C20H33N5O8.C19H32N4O7/c1-2-21-5-7-22(13-19(29)30)9-11-24(15-32-16-26)12-10-23(8-6-21)14-20(31)33-25-17(27)3-4-18(25)28;1-2-20-5-6-21(13-17(25)26)7-8-22(14-29-15-24)10-12-23(11-9-20)16-3-4-18(27)30-19(16)28/h16H,2-15H2,1H3,(H,29,30);15-16H,2-14H2,1H3,(H,25,26). The van der Waals surface area contributed by atoms with Gasteiger partial charge in [0, 0.05) is 124 Å². The van der Waals surface area contributed by atoms with E-state index in [-0.39, 0.29) is 52.4 Å². The molecule has 0 aromatic rings. The van der Waals surface area contributed by atoms with E-state index in [0.717, 1.165) is 13.1 Å². The molecule has 2 amide bonds. The third-order valence-corrected chi connectivity index (χ3v) is 11.2. The largest absolute Gasteiger partial charge is 0.480 e. The molecule has 24 nitrogen and oxygen atoms in total. The van der Waals surface area contributed by atoms with Crippen molar-refractivity contribution in [3.8, 4) is 0 Å². The average Bonchev–Trinajstić information content (AvgIpc) is 3.55. The number of rotatable bonds is 16. The summed E-state index contributed by atoms with van der Waals surface area (Å²) in [6, 6.07) is -0.471. The highest BCUT2D eigenvalue weighted by Crippen LogP contribution is 2.17. The van der Waals surface area contributed by atoms with Crippen molar-refractivity contribution in [2.75, 3.05) is 151 Å². The number of carboxylic acid groups (broad SMARTS) is 2. The SMILES string of the molecule is CCN1CCN(CC(=O)O)CCN(COC=O)CCN(C2CCC(=O)OC2=O)CC1.CCN1CCN(CC(=O)O)CCN(COC=O)CCN(CC(=O)ON2C(=O)CCC2=O)CC1. The van der Waals surface area contributed by atoms with Crippen LogP contribution in [0.1, 0.15) is 39.5 Å². The molecule has 4 rings (SSSR count). The number of carbonyl (C=O) groups is 9. The van der Waals surface area contributed by atoms with E-state index in [4.69, 9.17) is 19.0 Å². The van der Waals surface area contributed by atoms with Gasteiger partial charge in [0.25, 0.3) is 24.8 Å². The summed E-state index contributed by atoms with van der Waals surface area (Å²) in [7, 11) is 0. The highest BCUT2D eigenvalue weighted by Gasteiger charge is 2.35. The minimum absolute atomic E-state index is 0.0336. The van der Waals surface area contributed by atoms with E-state index in [1.165, 1.54) is 0 Å². The Morgan fingerprint density at radius 3 is 1.35 bits per heavy atom. The summed E-state index contributed by atoms with van der Waals surface area (Å²) in [4.78, 5) is 124. The molecule has 0 aromatic heterocycles. The van der Waals surface area contributed by atoms with Crippen LogP contribution >= 0.6 is 0 Å². The molecule has 0 bridgehead atoms. The number of amides is 2. The molecule has 4 heterocycles. The number of nitrogens with zero attached hydrogens (tertiary/aromatic N) is 9. The van der Waals surface area contributed by atoms with E-state index in [2.05, 4.69) is 9.80 Å². The second-order valence-electron chi connectivity index (χ2n) is 15.4. The quantitative estimate of drug-likeness (QED) is 0.0506. The van der Waals surface area contributed by atoms with Crippen molar-refractivity contribution in [1.29, 1.82) is 0 Å². The third kappa shape index (κ3) is 20.1. The van der Waals surface area contributed by atoms with Gasteiger partial charge in [-0.05, 0) is 19.5 Å². The summed E-state index contributed by atoms with van der Waals surface area (Å²) in [5, 5.41) is 18.9. The lowest BCUT2D eigenvalue weighted by Crippen LogP contribution is -2.52. The van der Waals surface area contributed by atoms with Crippen molar-refractivity contribution in [2.24, 2.45) is 0 Å². The number of aliphatic carboxylic acids is 2. The van der Waals surface area contributed by atoms with Gasteiger partial charge in [-0.3, -0.25) is 63.0 Å². The molecule has 4 saturated heterocycles. The van der Waals surface area contributed by atoms with Gasteiger partial charge in [0.15, 0.2) is 0 Å². The molecule has 1 atom stereocenters. The second-order valence-corrected chi connectivity index (χ2v) is 15.4. The van der Waals surface area contributed by atoms with Crippen LogP contribution in [0.3, 0.4) is 0 Å². The number of esters is 2. The van der Waals surface area contributed by atoms with Crippen molar-refractivity contribution in [2.45, 2.75) is 45.6 Å². The zero-order valence-corrected chi connectivity index (χ0v) is 36.6. The zero-order chi connectivity index (χ0) is 46.1. The Kier molecular flexibility index (Phi) is 24.1. The molecule has 0 spiro atoms. The molecule has 356 valence electrons. The van der Waals surface area contributed by atoms with E-state index < -0.39 is 47.7 Å². The molecule has 0 aromatic carbocycles. The summed E-state index contributed by atoms with van der Waals surface area (Å²) >= 11 is 0. The van der Waals surface area contributed by atoms with Gasteiger partial charge < -0.3 is 39.1 Å². The Morgan fingerprint density at radius 1 is 0.571 bits per heavy atom. The maximum absolute atomic E-state index is 12.4. The molecular formula is C39H65N9O15. The van der Waals surface area contributed by atoms with Crippen LogP contribution in [-0.2, 0) is 62.2 Å². The smallest absolute Gasteiger partial charge is 0.347 e. The summed E-state index contributed by atoms with van der Waals surface area (Å²) in [6.07, 6.45) is 0.714. The number of ether oxygens (including phenoxy) is 3. The first kappa shape index (κ1) is 52.7. The number of hydrogen-bond donors (Lipinski definition) is 2. The van der Waals surface area contributed by atoms with Crippen LogP contribution in [-0.4, -0.2) is 266 Å². The first-order valence-corrected chi connectivity index (χ1v) is 21.4. The molecule has 1 unspecified atom stereocenters. The number of hydroxylamine groups is 2. The molecule has 0 radical (unpaired) electrons. The lowest BCUT2D eigenvalue weighted by atomic mass is 10.1. The van der Waals surface area contributed by atoms with Gasteiger partial charge in [0.2, 0.25) is 0 Å². The van der Waals surface area contributed by atoms with Crippen LogP contribution in [0, 0.1) is 0 Å². The Bertz CT molecular complexity index is 1510. The number of likely N-dealkylation sites (N-methyl/N-ethyl adjacent to an activating group) is 2. The Balaban J connectivity index is 0.000000337. The lowest BCUT2D eigenvalue weighted by molar-refractivity contribution is -0.198. The van der Waals surface area contributed by atoms with Crippen LogP contribution in [0.5, 0.6) is 0 Å². The monoisotopic (exact) mass is 899 g/mol. The van der Waals surface area contributed by atoms with Crippen LogP contribution in [0.15, 0.2) is 0 Å². The lowest BCUT2D eigenvalue weighted by Gasteiger charge is -2.36. The highest BCUT2D eigenvalue weighted by molar-refractivity contribution is 6.01. The van der Waals surface area contributed by atoms with Crippen molar-refractivity contribution in [3.63, 3.8) is 0 Å². The molecule has 4 fully saturated rings. The zero-order valence-electron chi connectivity index (χ0n) is 36.6. The van der Waals surface area contributed by atoms with Crippen LogP contribution in [0.2, 0.25) is 0 Å². The predicted octanol–water partition coefficient (Wildman–Crippen LogP) is -3.27. The Morgan fingerprint density at radius 2 is 0.952 bits per heavy atom. The van der Waals surface area contributed by atoms with Crippen molar-refractivity contribution >= 4 is 54.6 Å². The van der Waals surface area contributed by atoms with Gasteiger partial charge in [0.05, 0.1) is 19.6 Å². The molecular weight excluding hydrogens is 834 g/mol. The van der Waals surface area contributed by atoms with Gasteiger partial charge >= 0.3 is 29.8 Å². The average molecular weight is 900 g/mol. The third-order valence-electron chi connectivity index (χ3n) is 11.2. The fraction of sp³-hybridized carbons (Fsp3) is 0.769. The number of imide groups is 1. The topological polar surface area (TPSA) is 260 Å². The molecule has 4 aliphatic rings. The molecule has 0 saturated carbocycles. The van der Waals surface area contributed by atoms with Gasteiger partial charge in [0.1, 0.15) is 19.5 Å². The van der Waals surface area contributed by atoms with Gasteiger partial charge in [-0.1, -0.05) is 13.8 Å². The van der Waals surface area contributed by atoms with Crippen LogP contribution in [0.25, 0.3) is 0 Å². The summed E-state index contributed by atoms with van der Waals surface area (Å²) in [5.74, 6) is -4.52. The number of hydrogen-bond acceptors (Lipinski definition) is 21. The van der Waals surface area contributed by atoms with Crippen molar-refractivity contribution in [1.82, 2.24) is 44.3 Å². The first-order valence-electron chi connectivity index (χ1n) is 21.4. The Labute approximate surface area is 367 Å². The molecule has 2 N–H and O–H groups in total. The second kappa shape index (κ2) is 28.9. The maximum atomic E-state index is 12.4. The summed E-state index contributed by atoms with van der Waals surface area (Å²) in [6.45, 7) is 15.2. The number of carboxylic acids is 2. The summed E-state index contributed by atoms with van der Waals surface area (Å²) in [5.41, 5.74) is 0. The number of cyclic esters (lactones) is 2. The fourth-order valence-electron chi connectivity index (χ4n) is 7.37. The molecule has 63 heavy (non-hydrogen) atoms. The first-order chi connectivity index (χ1) is 30.2. The van der Waals surface area contributed by atoms with E-state index in [1.54, 1.807) is 0 Å². The van der Waals surface area contributed by atoms with Crippen LogP contribution in [0.4, 0.5) is 0 Å². The van der Waals surface area contributed by atoms with E-state index in [0.29, 0.717) is 129 Å². The van der Waals surface area contributed by atoms with Crippen molar-refractivity contribution in [3.05, 3.63) is 0 Å². The normalized spacial score (nSPS) is 22.6. The van der Waals surface area contributed by atoms with Gasteiger partial charge in [-0.15, -0.1) is 5.06 Å². The highest BCUT2D eigenvalue weighted by atomic mass is 16.7. The predicted molar refractivity (Wildman–Crippen MR) is 219 cm³/mol. The van der Waals surface area contributed by atoms with E-state index >= 15 is 0 Å². The van der Waals surface area contributed by atoms with Gasteiger partial charge in [-0.25, -0.2) is 9.59 Å². The summed E-state index contributed by atoms with van der Waals surface area (Å²) < 4.78 is 14.6. The molecule has 0 aliphatic carbocycles. The fourth-order valence-corrected chi connectivity index (χ4v) is 7.37. The minimum Gasteiger partial charge on any atom is -0.480 e. The molecule has 24 heteroatoms. The van der Waals surface area contributed by atoms with Crippen molar-refractivity contribution < 1.29 is 72.4 Å². The minimum atomic E-state index is -0.902. The van der Waals surface area contributed by atoms with Crippen LogP contribution < -0.4 is 0 Å². The molecule has 4 aliphatic heterocycles. The van der Waals surface area contributed by atoms with Gasteiger partial charge in [-0.2, -0.15) is 0 Å². The Hall–Kier alpha value is -4.69. The van der Waals surface area contributed by atoms with E-state index in [1.807, 2.05) is 43.2 Å². The maximum Gasteiger partial charge on any atom is 0.347 e. The van der Waals surface area contributed by atoms with E-state index in [9.17, 15) is 53.4 Å².